The van der Waals surface area contributed by atoms with Crippen LogP contribution in [0.4, 0.5) is 0 Å². The lowest BCUT2D eigenvalue weighted by atomic mass is 10.1. The number of hydrogen-bond donors (Lipinski definition) is 2. The molecule has 1 aromatic carbocycles. The van der Waals surface area contributed by atoms with Crippen LogP contribution in [0.25, 0.3) is 0 Å². The summed E-state index contributed by atoms with van der Waals surface area (Å²) in [7, 11) is -3.64. The van der Waals surface area contributed by atoms with Gasteiger partial charge in [-0.25, -0.2) is 13.6 Å². The average molecular weight is 282 g/mol. The molecule has 0 aliphatic heterocycles. The Kier molecular flexibility index (Phi) is 5.26. The van der Waals surface area contributed by atoms with Gasteiger partial charge in [0.15, 0.2) is 0 Å². The summed E-state index contributed by atoms with van der Waals surface area (Å²) in [4.78, 5) is 11.4. The van der Waals surface area contributed by atoms with E-state index in [1.165, 1.54) is 18.2 Å². The summed E-state index contributed by atoms with van der Waals surface area (Å²) in [6, 6.07) is 6.30. The van der Waals surface area contributed by atoms with Gasteiger partial charge >= 0.3 is 0 Å². The van der Waals surface area contributed by atoms with E-state index in [-0.39, 0.29) is 10.8 Å². The molecule has 0 atom stereocenters. The fourth-order valence-corrected chi connectivity index (χ4v) is 2.00. The summed E-state index contributed by atoms with van der Waals surface area (Å²) >= 11 is 0. The van der Waals surface area contributed by atoms with Gasteiger partial charge in [-0.15, -0.1) is 0 Å². The average Bonchev–Trinajstić information content (AvgIpc) is 2.27. The zero-order valence-electron chi connectivity index (χ0n) is 11.0. The third kappa shape index (κ3) is 5.67. The molecule has 0 fully saturated rings. The number of rotatable bonds is 5. The first-order chi connectivity index (χ1) is 8.79. The maximum absolute atomic E-state index is 11.3. The molecule has 1 aromatic rings. The molecule has 0 aliphatic carbocycles. The van der Waals surface area contributed by atoms with Gasteiger partial charge in [0, 0.05) is 12.6 Å². The minimum atomic E-state index is -3.64. The zero-order chi connectivity index (χ0) is 14.5. The van der Waals surface area contributed by atoms with Crippen LogP contribution in [0.1, 0.15) is 19.4 Å². The van der Waals surface area contributed by atoms with Crippen LogP contribution in [0.15, 0.2) is 40.8 Å². The molecule has 3 N–H and O–H groups in total. The van der Waals surface area contributed by atoms with Crippen molar-refractivity contribution in [3.63, 3.8) is 0 Å². The SMILES string of the molecule is CC(C)=CC(=O)NCCc1ccc(S(N)(=O)=O)cc1. The number of nitrogens with two attached hydrogens (primary N) is 1. The number of carbonyl (C=O) groups is 1. The van der Waals surface area contributed by atoms with Crippen molar-refractivity contribution < 1.29 is 13.2 Å². The van der Waals surface area contributed by atoms with Gasteiger partial charge in [-0.05, 0) is 38.0 Å². The topological polar surface area (TPSA) is 89.3 Å². The Bertz CT molecular complexity index is 570. The van der Waals surface area contributed by atoms with E-state index in [1.54, 1.807) is 12.1 Å². The molecule has 104 valence electrons. The minimum absolute atomic E-state index is 0.0878. The molecule has 1 amide bonds. The van der Waals surface area contributed by atoms with Crippen molar-refractivity contribution >= 4 is 15.9 Å². The number of benzene rings is 1. The fraction of sp³-hybridized carbons (Fsp3) is 0.308. The van der Waals surface area contributed by atoms with Gasteiger partial charge in [0.2, 0.25) is 15.9 Å². The van der Waals surface area contributed by atoms with E-state index >= 15 is 0 Å². The number of primary sulfonamides is 1. The van der Waals surface area contributed by atoms with E-state index in [2.05, 4.69) is 5.32 Å². The van der Waals surface area contributed by atoms with Crippen molar-refractivity contribution in [1.82, 2.24) is 5.32 Å². The predicted molar refractivity (Wildman–Crippen MR) is 74.0 cm³/mol. The fourth-order valence-electron chi connectivity index (χ4n) is 1.49. The Morgan fingerprint density at radius 3 is 2.32 bits per heavy atom. The van der Waals surface area contributed by atoms with Gasteiger partial charge in [-0.3, -0.25) is 4.79 Å². The molecule has 0 aliphatic rings. The quantitative estimate of drug-likeness (QED) is 0.788. The lowest BCUT2D eigenvalue weighted by Crippen LogP contribution is -2.23. The summed E-state index contributed by atoms with van der Waals surface area (Å²) in [5, 5.41) is 7.75. The van der Waals surface area contributed by atoms with Crippen LogP contribution in [0.3, 0.4) is 0 Å². The third-order valence-corrected chi connectivity index (χ3v) is 3.31. The molecule has 19 heavy (non-hydrogen) atoms. The maximum Gasteiger partial charge on any atom is 0.243 e. The lowest BCUT2D eigenvalue weighted by Gasteiger charge is -2.04. The van der Waals surface area contributed by atoms with Crippen molar-refractivity contribution in [3.8, 4) is 0 Å². The number of sulfonamides is 1. The molecule has 0 bridgehead atoms. The number of carbonyl (C=O) groups excluding carboxylic acids is 1. The second kappa shape index (κ2) is 6.49. The largest absolute Gasteiger partial charge is 0.352 e. The summed E-state index contributed by atoms with van der Waals surface area (Å²) in [5.74, 6) is -0.124. The normalized spacial score (nSPS) is 10.9. The Morgan fingerprint density at radius 1 is 1.26 bits per heavy atom. The highest BCUT2D eigenvalue weighted by Crippen LogP contribution is 2.08. The van der Waals surface area contributed by atoms with Crippen LogP contribution >= 0.6 is 0 Å². The monoisotopic (exact) mass is 282 g/mol. The van der Waals surface area contributed by atoms with E-state index in [0.717, 1.165) is 11.1 Å². The van der Waals surface area contributed by atoms with Gasteiger partial charge in [-0.1, -0.05) is 17.7 Å². The summed E-state index contributed by atoms with van der Waals surface area (Å²) in [5.41, 5.74) is 1.87. The number of hydrogen-bond acceptors (Lipinski definition) is 3. The van der Waals surface area contributed by atoms with Crippen molar-refractivity contribution in [1.29, 1.82) is 0 Å². The highest BCUT2D eigenvalue weighted by Gasteiger charge is 2.06. The van der Waals surface area contributed by atoms with Crippen LogP contribution < -0.4 is 10.5 Å². The second-order valence-corrected chi connectivity index (χ2v) is 6.01. The highest BCUT2D eigenvalue weighted by atomic mass is 32.2. The van der Waals surface area contributed by atoms with Gasteiger partial charge in [0.05, 0.1) is 4.90 Å². The summed E-state index contributed by atoms with van der Waals surface area (Å²) < 4.78 is 22.1. The van der Waals surface area contributed by atoms with Crippen LogP contribution in [0.5, 0.6) is 0 Å². The van der Waals surface area contributed by atoms with Crippen molar-refractivity contribution in [2.75, 3.05) is 6.54 Å². The maximum atomic E-state index is 11.3. The van der Waals surface area contributed by atoms with Crippen LogP contribution in [-0.2, 0) is 21.2 Å². The molecule has 1 rings (SSSR count). The van der Waals surface area contributed by atoms with Crippen molar-refractivity contribution in [2.24, 2.45) is 5.14 Å². The van der Waals surface area contributed by atoms with Gasteiger partial charge < -0.3 is 5.32 Å². The van der Waals surface area contributed by atoms with E-state index in [9.17, 15) is 13.2 Å². The van der Waals surface area contributed by atoms with Gasteiger partial charge in [0.1, 0.15) is 0 Å². The molecule has 5 nitrogen and oxygen atoms in total. The van der Waals surface area contributed by atoms with Crippen molar-refractivity contribution in [3.05, 3.63) is 41.5 Å². The Balaban J connectivity index is 2.52. The smallest absolute Gasteiger partial charge is 0.243 e. The molecular formula is C13H18N2O3S. The first kappa shape index (κ1) is 15.4. The van der Waals surface area contributed by atoms with Crippen LogP contribution in [0.2, 0.25) is 0 Å². The van der Waals surface area contributed by atoms with E-state index in [0.29, 0.717) is 13.0 Å². The Labute approximate surface area is 113 Å². The number of amides is 1. The van der Waals surface area contributed by atoms with E-state index in [4.69, 9.17) is 5.14 Å². The Hall–Kier alpha value is -1.66. The molecule has 0 aromatic heterocycles. The van der Waals surface area contributed by atoms with Crippen LogP contribution in [0, 0.1) is 0 Å². The standard InChI is InChI=1S/C13H18N2O3S/c1-10(2)9-13(16)15-8-7-11-3-5-12(6-4-11)19(14,17)18/h3-6,9H,7-8H2,1-2H3,(H,15,16)(H2,14,17,18). The summed E-state index contributed by atoms with van der Waals surface area (Å²) in [6.07, 6.45) is 2.16. The molecule has 0 spiro atoms. The molecule has 6 heteroatoms. The van der Waals surface area contributed by atoms with Crippen molar-refractivity contribution in [2.45, 2.75) is 25.2 Å². The predicted octanol–water partition coefficient (Wildman–Crippen LogP) is 0.959. The first-order valence-electron chi connectivity index (χ1n) is 5.83. The molecule has 0 saturated heterocycles. The number of allylic oxidation sites excluding steroid dienone is 1. The molecule has 0 saturated carbocycles. The second-order valence-electron chi connectivity index (χ2n) is 4.45. The van der Waals surface area contributed by atoms with E-state index in [1.807, 2.05) is 13.8 Å². The number of nitrogens with one attached hydrogen (secondary N) is 1. The highest BCUT2D eigenvalue weighted by molar-refractivity contribution is 7.89. The Morgan fingerprint density at radius 2 is 1.84 bits per heavy atom. The lowest BCUT2D eigenvalue weighted by molar-refractivity contribution is -0.116. The third-order valence-electron chi connectivity index (χ3n) is 2.38. The van der Waals surface area contributed by atoms with Gasteiger partial charge in [0.25, 0.3) is 0 Å². The first-order valence-corrected chi connectivity index (χ1v) is 7.38. The van der Waals surface area contributed by atoms with Gasteiger partial charge in [-0.2, -0.15) is 0 Å². The van der Waals surface area contributed by atoms with E-state index < -0.39 is 10.0 Å². The van der Waals surface area contributed by atoms with Crippen LogP contribution in [-0.4, -0.2) is 20.9 Å². The summed E-state index contributed by atoms with van der Waals surface area (Å²) in [6.45, 7) is 4.20. The molecule has 0 radical (unpaired) electrons. The zero-order valence-corrected chi connectivity index (χ0v) is 11.8. The molecule has 0 heterocycles. The minimum Gasteiger partial charge on any atom is -0.352 e. The molecular weight excluding hydrogens is 264 g/mol. The molecule has 0 unspecified atom stereocenters.